The lowest BCUT2D eigenvalue weighted by Crippen LogP contribution is -2.46. The molecular formula is C14H15ClN2O2. The number of rotatable bonds is 4. The molecule has 0 bridgehead atoms. The second-order valence-electron chi connectivity index (χ2n) is 4.89. The summed E-state index contributed by atoms with van der Waals surface area (Å²) in [6.45, 7) is 1.75. The Labute approximate surface area is 117 Å². The van der Waals surface area contributed by atoms with Crippen molar-refractivity contribution in [3.8, 4) is 11.8 Å². The number of amides is 1. The average Bonchev–Trinajstić information content (AvgIpc) is 3.23. The molecular weight excluding hydrogens is 264 g/mol. The van der Waals surface area contributed by atoms with E-state index in [-0.39, 0.29) is 11.8 Å². The van der Waals surface area contributed by atoms with Gasteiger partial charge in [0.25, 0.3) is 5.91 Å². The molecule has 0 aliphatic heterocycles. The topological polar surface area (TPSA) is 62.1 Å². The summed E-state index contributed by atoms with van der Waals surface area (Å²) in [5, 5.41) is 12.5. The van der Waals surface area contributed by atoms with Crippen molar-refractivity contribution < 1.29 is 9.53 Å². The highest BCUT2D eigenvalue weighted by molar-refractivity contribution is 6.31. The molecule has 100 valence electrons. The number of methoxy groups -OCH3 is 1. The molecule has 1 aromatic carbocycles. The number of nitriles is 1. The summed E-state index contributed by atoms with van der Waals surface area (Å²) in [5.74, 6) is 0.333. The highest BCUT2D eigenvalue weighted by atomic mass is 35.5. The Bertz CT molecular complexity index is 549. The fourth-order valence-electron chi connectivity index (χ4n) is 2.04. The maximum absolute atomic E-state index is 12.3. The van der Waals surface area contributed by atoms with Gasteiger partial charge in [-0.1, -0.05) is 11.6 Å². The van der Waals surface area contributed by atoms with E-state index in [1.54, 1.807) is 25.1 Å². The van der Waals surface area contributed by atoms with Gasteiger partial charge in [-0.15, -0.1) is 0 Å². The highest BCUT2D eigenvalue weighted by Gasteiger charge is 2.43. The monoisotopic (exact) mass is 278 g/mol. The van der Waals surface area contributed by atoms with Crippen LogP contribution in [0.4, 0.5) is 0 Å². The van der Waals surface area contributed by atoms with E-state index < -0.39 is 5.54 Å². The fourth-order valence-corrected chi connectivity index (χ4v) is 2.21. The van der Waals surface area contributed by atoms with E-state index >= 15 is 0 Å². The van der Waals surface area contributed by atoms with E-state index in [1.165, 1.54) is 7.11 Å². The van der Waals surface area contributed by atoms with Crippen LogP contribution in [-0.4, -0.2) is 18.6 Å². The van der Waals surface area contributed by atoms with Crippen LogP contribution in [0.5, 0.6) is 5.75 Å². The third-order valence-electron chi connectivity index (χ3n) is 3.41. The molecule has 1 amide bonds. The zero-order valence-corrected chi connectivity index (χ0v) is 11.6. The van der Waals surface area contributed by atoms with Gasteiger partial charge in [-0.25, -0.2) is 0 Å². The Hall–Kier alpha value is -1.73. The number of nitrogens with one attached hydrogen (secondary N) is 1. The van der Waals surface area contributed by atoms with Crippen molar-refractivity contribution in [3.05, 3.63) is 28.8 Å². The number of ether oxygens (including phenoxy) is 1. The first-order valence-corrected chi connectivity index (χ1v) is 6.45. The van der Waals surface area contributed by atoms with Gasteiger partial charge in [-0.05, 0) is 43.9 Å². The zero-order chi connectivity index (χ0) is 14.0. The van der Waals surface area contributed by atoms with Crippen molar-refractivity contribution in [2.24, 2.45) is 5.92 Å². The molecule has 1 N–H and O–H groups in total. The maximum Gasteiger partial charge on any atom is 0.256 e. The Morgan fingerprint density at radius 1 is 1.58 bits per heavy atom. The number of nitrogens with zero attached hydrogens (tertiary/aromatic N) is 1. The number of hydrogen-bond donors (Lipinski definition) is 1. The summed E-state index contributed by atoms with van der Waals surface area (Å²) in [6.07, 6.45) is 1.94. The molecule has 1 fully saturated rings. The van der Waals surface area contributed by atoms with Crippen molar-refractivity contribution in [2.45, 2.75) is 25.3 Å². The lowest BCUT2D eigenvalue weighted by Gasteiger charge is -2.23. The number of halogens is 1. The average molecular weight is 279 g/mol. The number of carbonyl (C=O) groups is 1. The summed E-state index contributed by atoms with van der Waals surface area (Å²) in [7, 11) is 1.49. The second kappa shape index (κ2) is 5.10. The van der Waals surface area contributed by atoms with E-state index in [9.17, 15) is 10.1 Å². The summed E-state index contributed by atoms with van der Waals surface area (Å²) in [5.41, 5.74) is -0.484. The van der Waals surface area contributed by atoms with Crippen molar-refractivity contribution in [1.29, 1.82) is 5.26 Å². The molecule has 19 heavy (non-hydrogen) atoms. The predicted octanol–water partition coefficient (Wildman–Crippen LogP) is 2.77. The number of benzene rings is 1. The van der Waals surface area contributed by atoms with Gasteiger partial charge in [0.05, 0.1) is 18.7 Å². The summed E-state index contributed by atoms with van der Waals surface area (Å²) in [4.78, 5) is 12.3. The minimum Gasteiger partial charge on any atom is -0.496 e. The van der Waals surface area contributed by atoms with E-state index in [1.807, 2.05) is 0 Å². The molecule has 1 atom stereocenters. The van der Waals surface area contributed by atoms with Crippen molar-refractivity contribution in [2.75, 3.05) is 7.11 Å². The van der Waals surface area contributed by atoms with Gasteiger partial charge in [-0.2, -0.15) is 5.26 Å². The van der Waals surface area contributed by atoms with Gasteiger partial charge in [0.2, 0.25) is 0 Å². The number of carbonyl (C=O) groups excluding carboxylic acids is 1. The smallest absolute Gasteiger partial charge is 0.256 e. The Balaban J connectivity index is 2.25. The highest BCUT2D eigenvalue weighted by Crippen LogP contribution is 2.39. The molecule has 1 aliphatic rings. The molecule has 1 saturated carbocycles. The van der Waals surface area contributed by atoms with Crippen molar-refractivity contribution >= 4 is 17.5 Å². The second-order valence-corrected chi connectivity index (χ2v) is 5.32. The molecule has 1 aliphatic carbocycles. The van der Waals surface area contributed by atoms with E-state index in [2.05, 4.69) is 11.4 Å². The van der Waals surface area contributed by atoms with Crippen molar-refractivity contribution in [3.63, 3.8) is 0 Å². The van der Waals surface area contributed by atoms with E-state index in [0.29, 0.717) is 16.3 Å². The molecule has 0 radical (unpaired) electrons. The van der Waals surface area contributed by atoms with Crippen LogP contribution in [-0.2, 0) is 0 Å². The first-order chi connectivity index (χ1) is 9.00. The SMILES string of the molecule is COc1ccc(Cl)cc1C(=O)NC(C)(C#N)C1CC1. The molecule has 1 aromatic rings. The van der Waals surface area contributed by atoms with Gasteiger partial charge in [0, 0.05) is 5.02 Å². The Morgan fingerprint density at radius 2 is 2.26 bits per heavy atom. The van der Waals surface area contributed by atoms with Gasteiger partial charge in [0.15, 0.2) is 0 Å². The van der Waals surface area contributed by atoms with Crippen molar-refractivity contribution in [1.82, 2.24) is 5.32 Å². The zero-order valence-electron chi connectivity index (χ0n) is 10.9. The molecule has 5 heteroatoms. The van der Waals surface area contributed by atoms with Gasteiger partial charge in [0.1, 0.15) is 11.3 Å². The third-order valence-corrected chi connectivity index (χ3v) is 3.64. The van der Waals surface area contributed by atoms with Gasteiger partial charge >= 0.3 is 0 Å². The summed E-state index contributed by atoms with van der Waals surface area (Å²) < 4.78 is 5.14. The van der Waals surface area contributed by atoms with Crippen LogP contribution in [0.2, 0.25) is 5.02 Å². The van der Waals surface area contributed by atoms with Gasteiger partial charge < -0.3 is 10.1 Å². The molecule has 4 nitrogen and oxygen atoms in total. The summed E-state index contributed by atoms with van der Waals surface area (Å²) in [6, 6.07) is 7.02. The predicted molar refractivity (Wildman–Crippen MR) is 72.2 cm³/mol. The van der Waals surface area contributed by atoms with Crippen LogP contribution in [0.15, 0.2) is 18.2 Å². The van der Waals surface area contributed by atoms with Crippen LogP contribution in [0.3, 0.4) is 0 Å². The largest absolute Gasteiger partial charge is 0.496 e. The van der Waals surface area contributed by atoms with Crippen LogP contribution < -0.4 is 10.1 Å². The van der Waals surface area contributed by atoms with Crippen LogP contribution >= 0.6 is 11.6 Å². The van der Waals surface area contributed by atoms with E-state index in [4.69, 9.17) is 16.3 Å². The van der Waals surface area contributed by atoms with Crippen LogP contribution in [0.25, 0.3) is 0 Å². The molecule has 0 heterocycles. The molecule has 0 spiro atoms. The standard InChI is InChI=1S/C14H15ClN2O2/c1-14(8-16,9-3-4-9)17-13(18)11-7-10(15)5-6-12(11)19-2/h5-7,9H,3-4H2,1-2H3,(H,17,18). The molecule has 2 rings (SSSR count). The molecule has 1 unspecified atom stereocenters. The molecule has 0 saturated heterocycles. The lowest BCUT2D eigenvalue weighted by molar-refractivity contribution is 0.0914. The summed E-state index contributed by atoms with van der Waals surface area (Å²) >= 11 is 5.90. The minimum absolute atomic E-state index is 0.228. The fraction of sp³-hybridized carbons (Fsp3) is 0.429. The molecule has 0 aromatic heterocycles. The third kappa shape index (κ3) is 2.82. The Kier molecular flexibility index (Phi) is 3.68. The maximum atomic E-state index is 12.3. The van der Waals surface area contributed by atoms with Crippen LogP contribution in [0.1, 0.15) is 30.1 Å². The quantitative estimate of drug-likeness (QED) is 0.921. The normalized spacial score (nSPS) is 17.2. The minimum atomic E-state index is -0.829. The van der Waals surface area contributed by atoms with E-state index in [0.717, 1.165) is 12.8 Å². The first-order valence-electron chi connectivity index (χ1n) is 6.07. The lowest BCUT2D eigenvalue weighted by atomic mass is 9.97. The van der Waals surface area contributed by atoms with Crippen LogP contribution in [0, 0.1) is 17.2 Å². The number of hydrogen-bond acceptors (Lipinski definition) is 3. The first kappa shape index (κ1) is 13.7. The Morgan fingerprint density at radius 3 is 2.79 bits per heavy atom. The van der Waals surface area contributed by atoms with Gasteiger partial charge in [-0.3, -0.25) is 4.79 Å².